The van der Waals surface area contributed by atoms with Crippen molar-refractivity contribution >= 4 is 75.9 Å². The molecule has 1 aliphatic carbocycles. The van der Waals surface area contributed by atoms with Crippen molar-refractivity contribution in [3.8, 4) is 56.7 Å². The lowest BCUT2D eigenvalue weighted by atomic mass is 9.94. The van der Waals surface area contributed by atoms with E-state index < -0.39 is 0 Å². The number of aromatic nitrogens is 5. The number of rotatable bonds is 5. The Bertz CT molecular complexity index is 3840. The first kappa shape index (κ1) is 31.9. The summed E-state index contributed by atoms with van der Waals surface area (Å²) in [6, 6.07) is 67.5. The number of hydrogen-bond donors (Lipinski definition) is 0. The summed E-state index contributed by atoms with van der Waals surface area (Å²) < 4.78 is 4.94. The van der Waals surface area contributed by atoms with Gasteiger partial charge in [0.25, 0.3) is 0 Å². The van der Waals surface area contributed by atoms with Crippen LogP contribution >= 0.6 is 0 Å². The van der Waals surface area contributed by atoms with Crippen molar-refractivity contribution in [2.45, 2.75) is 0 Å². The van der Waals surface area contributed by atoms with Gasteiger partial charge in [0, 0.05) is 55.0 Å². The van der Waals surface area contributed by atoms with E-state index in [1.807, 2.05) is 60.7 Å². The average molecular weight is 762 g/mol. The zero-order chi connectivity index (χ0) is 39.1. The zero-order valence-corrected chi connectivity index (χ0v) is 32.1. The molecule has 0 aliphatic heterocycles. The quantitative estimate of drug-likeness (QED) is 0.175. The van der Waals surface area contributed by atoms with E-state index in [-0.39, 0.29) is 0 Å². The third-order valence-electron chi connectivity index (χ3n) is 12.8. The van der Waals surface area contributed by atoms with Crippen molar-refractivity contribution in [1.29, 1.82) is 0 Å². The third kappa shape index (κ3) is 4.17. The molecule has 10 aromatic carbocycles. The number of fused-ring (bicyclic) bond motifs is 2. The molecule has 0 fully saturated rings. The summed E-state index contributed by atoms with van der Waals surface area (Å²) in [4.78, 5) is 15.0. The lowest BCUT2D eigenvalue weighted by Crippen LogP contribution is -2.00. The topological polar surface area (TPSA) is 48.5 Å². The van der Waals surface area contributed by atoms with Crippen LogP contribution < -0.4 is 0 Å². The van der Waals surface area contributed by atoms with E-state index in [1.165, 1.54) is 87.1 Å². The molecule has 1 aliphatic rings. The summed E-state index contributed by atoms with van der Waals surface area (Å²) >= 11 is 0. The maximum absolute atomic E-state index is 5.03. The van der Waals surface area contributed by atoms with Crippen molar-refractivity contribution in [2.24, 2.45) is 0 Å². The molecular weight excluding hydrogens is 731 g/mol. The van der Waals surface area contributed by atoms with Crippen LogP contribution in [0.15, 0.2) is 188 Å². The van der Waals surface area contributed by atoms with Gasteiger partial charge in [0.1, 0.15) is 0 Å². The van der Waals surface area contributed by atoms with Gasteiger partial charge >= 0.3 is 0 Å². The van der Waals surface area contributed by atoms with Crippen LogP contribution in [0.5, 0.6) is 0 Å². The van der Waals surface area contributed by atoms with Crippen molar-refractivity contribution in [3.05, 3.63) is 188 Å². The maximum atomic E-state index is 5.03. The smallest absolute Gasteiger partial charge is 0.164 e. The van der Waals surface area contributed by atoms with E-state index in [2.05, 4.69) is 137 Å². The van der Waals surface area contributed by atoms with Crippen LogP contribution in [0.1, 0.15) is 0 Å². The highest BCUT2D eigenvalue weighted by molar-refractivity contribution is 6.46. The molecule has 0 saturated heterocycles. The molecule has 276 valence electrons. The first-order valence-corrected chi connectivity index (χ1v) is 20.5. The second-order valence-electron chi connectivity index (χ2n) is 15.9. The summed E-state index contributed by atoms with van der Waals surface area (Å²) in [7, 11) is 0. The largest absolute Gasteiger partial charge is 0.309 e. The lowest BCUT2D eigenvalue weighted by molar-refractivity contribution is 1.07. The molecule has 5 heteroatoms. The van der Waals surface area contributed by atoms with Crippen LogP contribution in [0.4, 0.5) is 0 Å². The molecule has 0 amide bonds. The van der Waals surface area contributed by atoms with E-state index in [1.54, 1.807) is 0 Å². The van der Waals surface area contributed by atoms with E-state index in [0.717, 1.165) is 28.1 Å². The molecule has 0 unspecified atom stereocenters. The molecule has 3 aromatic heterocycles. The van der Waals surface area contributed by atoms with Gasteiger partial charge in [-0.1, -0.05) is 127 Å². The predicted molar refractivity (Wildman–Crippen MR) is 248 cm³/mol. The summed E-state index contributed by atoms with van der Waals surface area (Å²) in [6.45, 7) is 0. The van der Waals surface area contributed by atoms with Crippen LogP contribution in [-0.2, 0) is 0 Å². The van der Waals surface area contributed by atoms with Gasteiger partial charge in [-0.25, -0.2) is 15.0 Å². The molecule has 0 N–H and O–H groups in total. The minimum Gasteiger partial charge on any atom is -0.309 e. The van der Waals surface area contributed by atoms with Crippen LogP contribution in [0.3, 0.4) is 0 Å². The van der Waals surface area contributed by atoms with Gasteiger partial charge in [-0.05, 0) is 98.7 Å². The van der Waals surface area contributed by atoms with Gasteiger partial charge in [-0.3, -0.25) is 0 Å². The Kier molecular flexibility index (Phi) is 6.23. The van der Waals surface area contributed by atoms with Crippen LogP contribution in [0, 0.1) is 0 Å². The Morgan fingerprint density at radius 3 is 1.40 bits per heavy atom. The second-order valence-corrected chi connectivity index (χ2v) is 15.9. The molecule has 13 aromatic rings. The van der Waals surface area contributed by atoms with Gasteiger partial charge in [-0.2, -0.15) is 0 Å². The monoisotopic (exact) mass is 761 g/mol. The average Bonchev–Trinajstić information content (AvgIpc) is 3.96. The number of hydrogen-bond acceptors (Lipinski definition) is 3. The molecule has 14 rings (SSSR count). The standard InChI is InChI=1S/C55H31N5/c1-4-13-32(14-5-1)53-56-54(33-15-6-2-7-16-33)58-55(57-53)34-25-27-37(28-26-34)59-42-24-12-23-41-40-22-11-21-39-38-20-10-17-35-31-45-51(52(46(35)38)47(39)40)50-44(30-29-43(59)49(50)48(41)42)60(45)36-18-8-3-9-19-36/h1-31H. The molecule has 0 radical (unpaired) electrons. The number of benzene rings is 9. The van der Waals surface area contributed by atoms with E-state index in [9.17, 15) is 0 Å². The molecule has 3 heterocycles. The SMILES string of the molecule is c1ccc(-c2nc(-c3ccccc3)nc(-c3ccc(-n4c5cccc6c7cccc8c7c7c9c-8cccc9cc8c7c7c(c65)c4ccc7n8-c4ccccc4)cc3)n2)cc1. The van der Waals surface area contributed by atoms with Gasteiger partial charge in [-0.15, -0.1) is 0 Å². The first-order valence-electron chi connectivity index (χ1n) is 20.5. The fraction of sp³-hybridized carbons (Fsp3) is 0. The Balaban J connectivity index is 1.07. The van der Waals surface area contributed by atoms with E-state index in [4.69, 9.17) is 15.0 Å². The Hall–Kier alpha value is -8.15. The van der Waals surface area contributed by atoms with Crippen LogP contribution in [-0.4, -0.2) is 24.1 Å². The molecular formula is C55H31N5. The summed E-state index contributed by atoms with van der Waals surface area (Å²) in [6.07, 6.45) is 0. The molecule has 0 atom stereocenters. The van der Waals surface area contributed by atoms with Crippen molar-refractivity contribution in [2.75, 3.05) is 0 Å². The lowest BCUT2D eigenvalue weighted by Gasteiger charge is -2.11. The van der Waals surface area contributed by atoms with Gasteiger partial charge < -0.3 is 9.13 Å². The molecule has 0 saturated carbocycles. The minimum absolute atomic E-state index is 0.640. The van der Waals surface area contributed by atoms with Crippen molar-refractivity contribution in [3.63, 3.8) is 0 Å². The Labute approximate surface area is 343 Å². The highest BCUT2D eigenvalue weighted by Gasteiger charge is 2.29. The highest BCUT2D eigenvalue weighted by Crippen LogP contribution is 2.54. The van der Waals surface area contributed by atoms with Crippen molar-refractivity contribution in [1.82, 2.24) is 24.1 Å². The molecule has 60 heavy (non-hydrogen) atoms. The summed E-state index contributed by atoms with van der Waals surface area (Å²) in [5.74, 6) is 1.94. The van der Waals surface area contributed by atoms with E-state index in [0.29, 0.717) is 17.5 Å². The number of para-hydroxylation sites is 1. The molecule has 0 bridgehead atoms. The van der Waals surface area contributed by atoms with Crippen molar-refractivity contribution < 1.29 is 0 Å². The Morgan fingerprint density at radius 2 is 0.750 bits per heavy atom. The molecule has 0 spiro atoms. The predicted octanol–water partition coefficient (Wildman–Crippen LogP) is 13.9. The first-order chi connectivity index (χ1) is 29.8. The van der Waals surface area contributed by atoms with Gasteiger partial charge in [0.05, 0.1) is 22.1 Å². The third-order valence-corrected chi connectivity index (χ3v) is 12.8. The van der Waals surface area contributed by atoms with Gasteiger partial charge in [0.15, 0.2) is 17.5 Å². The fourth-order valence-corrected chi connectivity index (χ4v) is 10.4. The summed E-state index contributed by atoms with van der Waals surface area (Å²) in [5.41, 5.74) is 12.5. The number of nitrogens with zero attached hydrogens (tertiary/aromatic N) is 5. The van der Waals surface area contributed by atoms with E-state index >= 15 is 0 Å². The van der Waals surface area contributed by atoms with Crippen LogP contribution in [0.2, 0.25) is 0 Å². The summed E-state index contributed by atoms with van der Waals surface area (Å²) in [5, 5.41) is 13.1. The zero-order valence-electron chi connectivity index (χ0n) is 32.1. The minimum atomic E-state index is 0.640. The molecule has 5 nitrogen and oxygen atoms in total. The van der Waals surface area contributed by atoms with Gasteiger partial charge in [0.2, 0.25) is 0 Å². The Morgan fingerprint density at radius 1 is 0.283 bits per heavy atom. The second kappa shape index (κ2) is 11.7. The van der Waals surface area contributed by atoms with Crippen LogP contribution in [0.25, 0.3) is 133 Å². The maximum Gasteiger partial charge on any atom is 0.164 e. The normalized spacial score (nSPS) is 12.3. The highest BCUT2D eigenvalue weighted by atomic mass is 15.0. The fourth-order valence-electron chi connectivity index (χ4n) is 10.4.